The van der Waals surface area contributed by atoms with Crippen molar-refractivity contribution in [2.75, 3.05) is 40.9 Å². The molecular weight excluding hydrogens is 320 g/mol. The first-order valence-corrected chi connectivity index (χ1v) is 8.79. The summed E-state index contributed by atoms with van der Waals surface area (Å²) in [6.07, 6.45) is 0.580. The number of nitrogens with zero attached hydrogens (tertiary/aromatic N) is 2. The van der Waals surface area contributed by atoms with Crippen LogP contribution >= 0.6 is 0 Å². The largest absolute Gasteiger partial charge is 0.494 e. The van der Waals surface area contributed by atoms with Crippen LogP contribution in [0, 0.1) is 5.92 Å². The van der Waals surface area contributed by atoms with E-state index in [2.05, 4.69) is 4.90 Å². The summed E-state index contributed by atoms with van der Waals surface area (Å²) in [6.45, 7) is 4.88. The number of rotatable bonds is 8. The predicted octanol–water partition coefficient (Wildman–Crippen LogP) is 1.50. The van der Waals surface area contributed by atoms with E-state index in [1.807, 2.05) is 25.1 Å². The minimum Gasteiger partial charge on any atom is -0.494 e. The van der Waals surface area contributed by atoms with Gasteiger partial charge in [-0.15, -0.1) is 0 Å². The van der Waals surface area contributed by atoms with Crippen molar-refractivity contribution in [3.05, 3.63) is 29.3 Å². The van der Waals surface area contributed by atoms with E-state index < -0.39 is 0 Å². The number of hydrogen-bond acceptors (Lipinski definition) is 5. The number of methoxy groups -OCH3 is 1. The standard InChI is InChI=1S/C19H30N2O4/c1-5-25-17-7-6-14(8-16(17)13-22)10-21-11-15(18(12-21)24-4)9-19(23)20(2)3/h6-8,15,18,22H,5,9-13H2,1-4H3/t15-,18-/m0/s1. The summed E-state index contributed by atoms with van der Waals surface area (Å²) in [6, 6.07) is 5.94. The Morgan fingerprint density at radius 2 is 2.12 bits per heavy atom. The van der Waals surface area contributed by atoms with E-state index in [4.69, 9.17) is 9.47 Å². The summed E-state index contributed by atoms with van der Waals surface area (Å²) in [5, 5.41) is 9.55. The molecule has 0 aliphatic carbocycles. The van der Waals surface area contributed by atoms with Gasteiger partial charge in [0.05, 0.1) is 19.3 Å². The normalized spacial score (nSPS) is 20.7. The van der Waals surface area contributed by atoms with Crippen molar-refractivity contribution in [2.24, 2.45) is 5.92 Å². The molecule has 0 aromatic heterocycles. The molecule has 1 fully saturated rings. The van der Waals surface area contributed by atoms with Crippen LogP contribution in [0.15, 0.2) is 18.2 Å². The average Bonchev–Trinajstić information content (AvgIpc) is 2.97. The molecule has 1 heterocycles. The molecule has 0 unspecified atom stereocenters. The molecule has 0 saturated carbocycles. The Bertz CT molecular complexity index is 577. The molecule has 1 aromatic rings. The summed E-state index contributed by atoms with van der Waals surface area (Å²) in [5.41, 5.74) is 1.93. The van der Waals surface area contributed by atoms with Gasteiger partial charge >= 0.3 is 0 Å². The van der Waals surface area contributed by atoms with Crippen molar-refractivity contribution in [1.82, 2.24) is 9.80 Å². The molecule has 1 aliphatic rings. The molecule has 1 amide bonds. The lowest BCUT2D eigenvalue weighted by atomic mass is 10.0. The van der Waals surface area contributed by atoms with Gasteiger partial charge in [0.15, 0.2) is 0 Å². The number of aliphatic hydroxyl groups excluding tert-OH is 1. The molecular formula is C19H30N2O4. The molecule has 0 radical (unpaired) electrons. The number of benzene rings is 1. The van der Waals surface area contributed by atoms with Gasteiger partial charge in [0, 0.05) is 58.7 Å². The molecule has 6 nitrogen and oxygen atoms in total. The smallest absolute Gasteiger partial charge is 0.222 e. The van der Waals surface area contributed by atoms with E-state index in [1.165, 1.54) is 0 Å². The lowest BCUT2D eigenvalue weighted by Crippen LogP contribution is -2.29. The van der Waals surface area contributed by atoms with E-state index in [0.717, 1.165) is 36.5 Å². The number of carbonyl (C=O) groups excluding carboxylic acids is 1. The molecule has 1 aliphatic heterocycles. The van der Waals surface area contributed by atoms with Crippen LogP contribution in [0.4, 0.5) is 0 Å². The first-order chi connectivity index (χ1) is 12.0. The van der Waals surface area contributed by atoms with Crippen LogP contribution in [-0.4, -0.2) is 67.8 Å². The summed E-state index contributed by atoms with van der Waals surface area (Å²) in [5.74, 6) is 1.08. The first kappa shape index (κ1) is 19.7. The van der Waals surface area contributed by atoms with Crippen LogP contribution in [0.2, 0.25) is 0 Å². The van der Waals surface area contributed by atoms with Gasteiger partial charge in [0.2, 0.25) is 5.91 Å². The van der Waals surface area contributed by atoms with Crippen molar-refractivity contribution < 1.29 is 19.4 Å². The zero-order chi connectivity index (χ0) is 18.4. The zero-order valence-corrected chi connectivity index (χ0v) is 15.7. The Balaban J connectivity index is 2.02. The fourth-order valence-electron chi connectivity index (χ4n) is 3.34. The van der Waals surface area contributed by atoms with Gasteiger partial charge in [-0.2, -0.15) is 0 Å². The highest BCUT2D eigenvalue weighted by molar-refractivity contribution is 5.75. The van der Waals surface area contributed by atoms with E-state index in [9.17, 15) is 9.90 Å². The van der Waals surface area contributed by atoms with E-state index >= 15 is 0 Å². The third-order valence-electron chi connectivity index (χ3n) is 4.70. The second kappa shape index (κ2) is 9.17. The van der Waals surface area contributed by atoms with Crippen molar-refractivity contribution in [3.63, 3.8) is 0 Å². The van der Waals surface area contributed by atoms with Gasteiger partial charge in [-0.3, -0.25) is 9.69 Å². The van der Waals surface area contributed by atoms with Crippen LogP contribution in [-0.2, 0) is 22.7 Å². The Hall–Kier alpha value is -1.63. The monoisotopic (exact) mass is 350 g/mol. The molecule has 1 aromatic carbocycles. The first-order valence-electron chi connectivity index (χ1n) is 8.79. The SMILES string of the molecule is CCOc1ccc(CN2C[C@H](CC(=O)N(C)C)[C@@H](OC)C2)cc1CO. The summed E-state index contributed by atoms with van der Waals surface area (Å²) < 4.78 is 11.1. The third kappa shape index (κ3) is 5.17. The molecule has 25 heavy (non-hydrogen) atoms. The highest BCUT2D eigenvalue weighted by Gasteiger charge is 2.34. The van der Waals surface area contributed by atoms with Crippen LogP contribution in [0.25, 0.3) is 0 Å². The predicted molar refractivity (Wildman–Crippen MR) is 96.4 cm³/mol. The quantitative estimate of drug-likeness (QED) is 0.770. The highest BCUT2D eigenvalue weighted by Crippen LogP contribution is 2.26. The second-order valence-electron chi connectivity index (χ2n) is 6.75. The molecule has 0 bridgehead atoms. The van der Waals surface area contributed by atoms with Crippen molar-refractivity contribution >= 4 is 5.91 Å². The van der Waals surface area contributed by atoms with Crippen LogP contribution in [0.3, 0.4) is 0 Å². The van der Waals surface area contributed by atoms with Crippen LogP contribution < -0.4 is 4.74 Å². The maximum atomic E-state index is 12.0. The minimum atomic E-state index is -0.0379. The maximum absolute atomic E-state index is 12.0. The molecule has 6 heteroatoms. The topological polar surface area (TPSA) is 62.2 Å². The van der Waals surface area contributed by atoms with Crippen molar-refractivity contribution in [1.29, 1.82) is 0 Å². The van der Waals surface area contributed by atoms with E-state index in [1.54, 1.807) is 26.1 Å². The van der Waals surface area contributed by atoms with Gasteiger partial charge in [-0.05, 0) is 24.6 Å². The van der Waals surface area contributed by atoms with E-state index in [-0.39, 0.29) is 24.5 Å². The molecule has 0 spiro atoms. The third-order valence-corrected chi connectivity index (χ3v) is 4.70. The van der Waals surface area contributed by atoms with Gasteiger partial charge in [0.1, 0.15) is 5.75 Å². The summed E-state index contributed by atoms with van der Waals surface area (Å²) >= 11 is 0. The summed E-state index contributed by atoms with van der Waals surface area (Å²) in [7, 11) is 5.28. The summed E-state index contributed by atoms with van der Waals surface area (Å²) in [4.78, 5) is 16.0. The van der Waals surface area contributed by atoms with Gasteiger partial charge in [-0.25, -0.2) is 0 Å². The lowest BCUT2D eigenvalue weighted by molar-refractivity contribution is -0.130. The van der Waals surface area contributed by atoms with Crippen LogP contribution in [0.1, 0.15) is 24.5 Å². The minimum absolute atomic E-state index is 0.0379. The Labute approximate surface area is 150 Å². The van der Waals surface area contributed by atoms with Crippen molar-refractivity contribution in [2.45, 2.75) is 32.6 Å². The molecule has 1 saturated heterocycles. The molecule has 2 rings (SSSR count). The number of carbonyl (C=O) groups is 1. The van der Waals surface area contributed by atoms with Gasteiger partial charge < -0.3 is 19.5 Å². The van der Waals surface area contributed by atoms with Gasteiger partial charge in [-0.1, -0.05) is 6.07 Å². The fraction of sp³-hybridized carbons (Fsp3) is 0.632. The number of likely N-dealkylation sites (tertiary alicyclic amines) is 1. The maximum Gasteiger partial charge on any atom is 0.222 e. The Morgan fingerprint density at radius 3 is 2.72 bits per heavy atom. The highest BCUT2D eigenvalue weighted by atomic mass is 16.5. The lowest BCUT2D eigenvalue weighted by Gasteiger charge is -2.18. The molecule has 1 N–H and O–H groups in total. The average molecular weight is 350 g/mol. The van der Waals surface area contributed by atoms with Crippen molar-refractivity contribution in [3.8, 4) is 5.75 Å². The molecule has 2 atom stereocenters. The Kier molecular flexibility index (Phi) is 7.23. The zero-order valence-electron chi connectivity index (χ0n) is 15.7. The van der Waals surface area contributed by atoms with E-state index in [0.29, 0.717) is 13.0 Å². The van der Waals surface area contributed by atoms with Crippen LogP contribution in [0.5, 0.6) is 5.75 Å². The number of hydrogen-bond donors (Lipinski definition) is 1. The number of amides is 1. The number of aliphatic hydroxyl groups is 1. The fourth-order valence-corrected chi connectivity index (χ4v) is 3.34. The number of ether oxygens (including phenoxy) is 2. The molecule has 140 valence electrons. The van der Waals surface area contributed by atoms with Gasteiger partial charge in [0.25, 0.3) is 0 Å². The Morgan fingerprint density at radius 1 is 1.36 bits per heavy atom. The second-order valence-corrected chi connectivity index (χ2v) is 6.75.